The first-order valence-electron chi connectivity index (χ1n) is 7.66. The fourth-order valence-electron chi connectivity index (χ4n) is 3.32. The van der Waals surface area contributed by atoms with E-state index in [0.29, 0.717) is 0 Å². The minimum absolute atomic E-state index is 0.731. The van der Waals surface area contributed by atoms with Crippen molar-refractivity contribution >= 4 is 16.6 Å². The summed E-state index contributed by atoms with van der Waals surface area (Å²) in [6, 6.07) is 10.9. The fourth-order valence-corrected chi connectivity index (χ4v) is 3.32. The van der Waals surface area contributed by atoms with Crippen molar-refractivity contribution in [3.63, 3.8) is 0 Å². The van der Waals surface area contributed by atoms with Crippen LogP contribution in [0.25, 0.3) is 10.9 Å². The molecule has 1 aliphatic rings. The molecule has 0 spiro atoms. The van der Waals surface area contributed by atoms with Crippen molar-refractivity contribution in [1.82, 2.24) is 9.88 Å². The summed E-state index contributed by atoms with van der Waals surface area (Å²) < 4.78 is 0. The Kier molecular flexibility index (Phi) is 3.88. The van der Waals surface area contributed by atoms with Gasteiger partial charge in [0.05, 0.1) is 11.2 Å². The van der Waals surface area contributed by atoms with Gasteiger partial charge in [-0.2, -0.15) is 0 Å². The summed E-state index contributed by atoms with van der Waals surface area (Å²) in [6.07, 6.45) is 5.40. The number of fused-ring (bicyclic) bond motifs is 1. The second-order valence-corrected chi connectivity index (χ2v) is 5.72. The number of hydrogen-bond donors (Lipinski definition) is 1. The molecule has 3 rings (SSSR count). The molecule has 3 heteroatoms. The summed E-state index contributed by atoms with van der Waals surface area (Å²) in [5.74, 6) is 0. The van der Waals surface area contributed by atoms with Crippen LogP contribution in [-0.4, -0.2) is 22.5 Å². The highest BCUT2D eigenvalue weighted by molar-refractivity contribution is 5.90. The van der Waals surface area contributed by atoms with Crippen LogP contribution in [0.3, 0.4) is 0 Å². The van der Waals surface area contributed by atoms with Crippen LogP contribution < -0.4 is 5.73 Å². The summed E-state index contributed by atoms with van der Waals surface area (Å²) in [5.41, 5.74) is 9.11. The molecule has 106 valence electrons. The third-order valence-electron chi connectivity index (χ3n) is 4.41. The monoisotopic (exact) mass is 269 g/mol. The van der Waals surface area contributed by atoms with E-state index in [-0.39, 0.29) is 0 Å². The second-order valence-electron chi connectivity index (χ2n) is 5.72. The van der Waals surface area contributed by atoms with Gasteiger partial charge in [-0.15, -0.1) is 0 Å². The second kappa shape index (κ2) is 5.80. The third-order valence-corrected chi connectivity index (χ3v) is 4.41. The van der Waals surface area contributed by atoms with E-state index in [1.807, 2.05) is 30.3 Å². The molecule has 0 bridgehead atoms. The zero-order valence-electron chi connectivity index (χ0n) is 12.2. The molecule has 1 saturated carbocycles. The minimum Gasteiger partial charge on any atom is -0.398 e. The average Bonchev–Trinajstić information content (AvgIpc) is 2.99. The molecule has 1 fully saturated rings. The largest absolute Gasteiger partial charge is 0.398 e. The molecule has 2 aromatic rings. The molecular formula is C17H23N3. The number of pyridine rings is 1. The number of benzene rings is 1. The van der Waals surface area contributed by atoms with Crippen molar-refractivity contribution in [3.8, 4) is 0 Å². The van der Waals surface area contributed by atoms with Gasteiger partial charge in [0.25, 0.3) is 0 Å². The van der Waals surface area contributed by atoms with Crippen molar-refractivity contribution < 1.29 is 0 Å². The zero-order valence-corrected chi connectivity index (χ0v) is 12.2. The van der Waals surface area contributed by atoms with E-state index < -0.39 is 0 Å². The minimum atomic E-state index is 0.731. The molecule has 0 saturated heterocycles. The Balaban J connectivity index is 1.86. The van der Waals surface area contributed by atoms with Crippen LogP contribution in [0.5, 0.6) is 0 Å². The van der Waals surface area contributed by atoms with Gasteiger partial charge in [-0.3, -0.25) is 9.88 Å². The van der Waals surface area contributed by atoms with Gasteiger partial charge < -0.3 is 5.73 Å². The van der Waals surface area contributed by atoms with E-state index in [1.165, 1.54) is 25.7 Å². The predicted molar refractivity (Wildman–Crippen MR) is 84.5 cm³/mol. The van der Waals surface area contributed by atoms with Crippen molar-refractivity contribution in [2.24, 2.45) is 0 Å². The van der Waals surface area contributed by atoms with E-state index in [9.17, 15) is 0 Å². The molecule has 0 amide bonds. The first-order valence-corrected chi connectivity index (χ1v) is 7.66. The van der Waals surface area contributed by atoms with Gasteiger partial charge in [0.15, 0.2) is 0 Å². The smallest absolute Gasteiger partial charge is 0.0726 e. The number of rotatable bonds is 4. The van der Waals surface area contributed by atoms with Gasteiger partial charge in [-0.05, 0) is 31.5 Å². The molecule has 3 nitrogen and oxygen atoms in total. The Morgan fingerprint density at radius 1 is 1.25 bits per heavy atom. The summed E-state index contributed by atoms with van der Waals surface area (Å²) in [6.45, 7) is 4.23. The Labute approximate surface area is 120 Å². The number of nitrogens with zero attached hydrogens (tertiary/aromatic N) is 2. The summed E-state index contributed by atoms with van der Waals surface area (Å²) >= 11 is 0. The quantitative estimate of drug-likeness (QED) is 0.922. The maximum Gasteiger partial charge on any atom is 0.0726 e. The number of anilines is 1. The van der Waals surface area contributed by atoms with Gasteiger partial charge in [0.2, 0.25) is 0 Å². The Hall–Kier alpha value is -1.61. The highest BCUT2D eigenvalue weighted by Gasteiger charge is 2.21. The lowest BCUT2D eigenvalue weighted by molar-refractivity contribution is 0.198. The van der Waals surface area contributed by atoms with Gasteiger partial charge >= 0.3 is 0 Å². The molecule has 1 aromatic carbocycles. The zero-order chi connectivity index (χ0) is 13.9. The van der Waals surface area contributed by atoms with Gasteiger partial charge in [-0.25, -0.2) is 0 Å². The number of aromatic nitrogens is 1. The molecule has 2 N–H and O–H groups in total. The highest BCUT2D eigenvalue weighted by atomic mass is 15.2. The standard InChI is InChI=1S/C17H23N3/c1-2-20(14-7-3-4-8-14)12-13-11-16(18)15-9-5-6-10-17(15)19-13/h5-6,9-11,14H,2-4,7-8,12H2,1H3,(H2,18,19). The molecule has 1 aromatic heterocycles. The van der Waals surface area contributed by atoms with E-state index in [1.54, 1.807) is 0 Å². The van der Waals surface area contributed by atoms with Crippen molar-refractivity contribution in [3.05, 3.63) is 36.0 Å². The lowest BCUT2D eigenvalue weighted by atomic mass is 10.1. The van der Waals surface area contributed by atoms with E-state index in [4.69, 9.17) is 10.7 Å². The molecule has 20 heavy (non-hydrogen) atoms. The molecule has 0 unspecified atom stereocenters. The summed E-state index contributed by atoms with van der Waals surface area (Å²) in [4.78, 5) is 7.32. The first kappa shape index (κ1) is 13.4. The molecule has 0 aliphatic heterocycles. The van der Waals surface area contributed by atoms with Crippen LogP contribution in [-0.2, 0) is 6.54 Å². The van der Waals surface area contributed by atoms with E-state index >= 15 is 0 Å². The number of nitrogens with two attached hydrogens (primary N) is 1. The van der Waals surface area contributed by atoms with Crippen LogP contribution in [0.15, 0.2) is 30.3 Å². The van der Waals surface area contributed by atoms with Crippen LogP contribution in [0, 0.1) is 0 Å². The van der Waals surface area contributed by atoms with Gasteiger partial charge in [-0.1, -0.05) is 38.0 Å². The highest BCUT2D eigenvalue weighted by Crippen LogP contribution is 2.26. The lowest BCUT2D eigenvalue weighted by Crippen LogP contribution is -2.32. The molecular weight excluding hydrogens is 246 g/mol. The molecule has 0 atom stereocenters. The van der Waals surface area contributed by atoms with Gasteiger partial charge in [0, 0.05) is 23.7 Å². The Morgan fingerprint density at radius 2 is 2.00 bits per heavy atom. The van der Waals surface area contributed by atoms with Crippen LogP contribution in [0.1, 0.15) is 38.3 Å². The number of para-hydroxylation sites is 1. The Morgan fingerprint density at radius 3 is 2.75 bits per heavy atom. The van der Waals surface area contributed by atoms with Crippen LogP contribution in [0.2, 0.25) is 0 Å². The fraction of sp³-hybridized carbons (Fsp3) is 0.471. The molecule has 0 radical (unpaired) electrons. The normalized spacial score (nSPS) is 16.3. The van der Waals surface area contributed by atoms with Crippen molar-refractivity contribution in [2.75, 3.05) is 12.3 Å². The van der Waals surface area contributed by atoms with Crippen molar-refractivity contribution in [2.45, 2.75) is 45.2 Å². The first-order chi connectivity index (χ1) is 9.78. The lowest BCUT2D eigenvalue weighted by Gasteiger charge is -2.27. The topological polar surface area (TPSA) is 42.1 Å². The van der Waals surface area contributed by atoms with Crippen molar-refractivity contribution in [1.29, 1.82) is 0 Å². The number of nitrogen functional groups attached to an aromatic ring is 1. The number of hydrogen-bond acceptors (Lipinski definition) is 3. The predicted octanol–water partition coefficient (Wildman–Crippen LogP) is 3.58. The maximum atomic E-state index is 6.17. The summed E-state index contributed by atoms with van der Waals surface area (Å²) in [7, 11) is 0. The van der Waals surface area contributed by atoms with E-state index in [2.05, 4.69) is 11.8 Å². The SMILES string of the molecule is CCN(Cc1cc(N)c2ccccc2n1)C1CCCC1. The van der Waals surface area contributed by atoms with Gasteiger partial charge in [0.1, 0.15) is 0 Å². The molecule has 1 heterocycles. The van der Waals surface area contributed by atoms with Crippen LogP contribution >= 0.6 is 0 Å². The average molecular weight is 269 g/mol. The Bertz CT molecular complexity index is 588. The maximum absolute atomic E-state index is 6.17. The summed E-state index contributed by atoms with van der Waals surface area (Å²) in [5, 5.41) is 1.06. The molecule has 1 aliphatic carbocycles. The van der Waals surface area contributed by atoms with Crippen LogP contribution in [0.4, 0.5) is 5.69 Å². The third kappa shape index (κ3) is 2.63. The van der Waals surface area contributed by atoms with E-state index in [0.717, 1.165) is 41.4 Å².